The number of carbonyl (C=O) groups excluding carboxylic acids is 2. The Morgan fingerprint density at radius 3 is 2.42 bits per heavy atom. The van der Waals surface area contributed by atoms with Crippen molar-refractivity contribution >= 4 is 21.7 Å². The van der Waals surface area contributed by atoms with Crippen LogP contribution in [0.4, 0.5) is 0 Å². The van der Waals surface area contributed by atoms with Crippen molar-refractivity contribution in [3.63, 3.8) is 0 Å². The normalized spacial score (nSPS) is 18.6. The van der Waals surface area contributed by atoms with E-state index in [2.05, 4.69) is 10.1 Å². The minimum Gasteiger partial charge on any atom is -0.467 e. The van der Waals surface area contributed by atoms with Gasteiger partial charge in [-0.2, -0.15) is 0 Å². The van der Waals surface area contributed by atoms with Crippen LogP contribution in [0.1, 0.15) is 19.8 Å². The number of ether oxygens (including phenoxy) is 2. The third-order valence-electron chi connectivity index (χ3n) is 2.94. The third kappa shape index (κ3) is 4.79. The Hall–Kier alpha value is -1.15. The molecule has 110 valence electrons. The van der Waals surface area contributed by atoms with E-state index >= 15 is 0 Å². The Labute approximate surface area is 112 Å². The average molecular weight is 293 g/mol. The van der Waals surface area contributed by atoms with Gasteiger partial charge in [0.05, 0.1) is 18.1 Å². The molecule has 0 bridgehead atoms. The van der Waals surface area contributed by atoms with E-state index in [-0.39, 0.29) is 0 Å². The Balaban J connectivity index is 2.75. The Morgan fingerprint density at radius 1 is 1.37 bits per heavy atom. The summed E-state index contributed by atoms with van der Waals surface area (Å²) in [6.07, 6.45) is 0.826. The summed E-state index contributed by atoms with van der Waals surface area (Å²) in [6, 6.07) is -1.16. The third-order valence-corrected chi connectivity index (χ3v) is 5.22. The summed E-state index contributed by atoms with van der Waals surface area (Å²) >= 11 is 0. The second kappa shape index (κ2) is 6.85. The molecular weight excluding hydrogens is 274 g/mol. The number of rotatable bonds is 5. The van der Waals surface area contributed by atoms with Gasteiger partial charge in [-0.25, -0.2) is 13.2 Å². The van der Waals surface area contributed by atoms with E-state index in [1.165, 1.54) is 6.92 Å². The van der Waals surface area contributed by atoms with E-state index in [0.29, 0.717) is 26.1 Å². The maximum atomic E-state index is 12.2. The summed E-state index contributed by atoms with van der Waals surface area (Å²) < 4.78 is 34.0. The lowest BCUT2D eigenvalue weighted by molar-refractivity contribution is -0.144. The molecule has 1 N–H and O–H groups in total. The van der Waals surface area contributed by atoms with Gasteiger partial charge < -0.3 is 14.8 Å². The van der Waals surface area contributed by atoms with Gasteiger partial charge in [0.15, 0.2) is 9.84 Å². The SMILES string of the molecule is COC(=O)C(CS(=O)(=O)C1CCOCC1)NC(C)=O. The van der Waals surface area contributed by atoms with E-state index in [0.717, 1.165) is 7.11 Å². The molecule has 1 unspecified atom stereocenters. The van der Waals surface area contributed by atoms with Gasteiger partial charge in [-0.05, 0) is 12.8 Å². The highest BCUT2D eigenvalue weighted by Crippen LogP contribution is 2.17. The van der Waals surface area contributed by atoms with Gasteiger partial charge in [-0.15, -0.1) is 0 Å². The molecule has 0 aromatic heterocycles. The van der Waals surface area contributed by atoms with Crippen LogP contribution < -0.4 is 5.32 Å². The summed E-state index contributed by atoms with van der Waals surface area (Å²) in [6.45, 7) is 2.01. The molecule has 1 atom stereocenters. The molecule has 0 radical (unpaired) electrons. The second-order valence-corrected chi connectivity index (χ2v) is 6.74. The second-order valence-electron chi connectivity index (χ2n) is 4.42. The van der Waals surface area contributed by atoms with Crippen molar-refractivity contribution in [1.29, 1.82) is 0 Å². The van der Waals surface area contributed by atoms with Gasteiger partial charge >= 0.3 is 5.97 Å². The van der Waals surface area contributed by atoms with Crippen molar-refractivity contribution in [2.45, 2.75) is 31.1 Å². The number of hydrogen-bond donors (Lipinski definition) is 1. The minimum atomic E-state index is -3.48. The molecule has 8 heteroatoms. The monoisotopic (exact) mass is 293 g/mol. The van der Waals surface area contributed by atoms with Crippen molar-refractivity contribution in [2.75, 3.05) is 26.1 Å². The maximum Gasteiger partial charge on any atom is 0.329 e. The maximum absolute atomic E-state index is 12.2. The van der Waals surface area contributed by atoms with Crippen molar-refractivity contribution < 1.29 is 27.5 Å². The van der Waals surface area contributed by atoms with Crippen LogP contribution in [0.3, 0.4) is 0 Å². The lowest BCUT2D eigenvalue weighted by Crippen LogP contribution is -2.47. The first-order valence-corrected chi connectivity index (χ1v) is 7.72. The molecule has 1 saturated heterocycles. The van der Waals surface area contributed by atoms with E-state index in [1.807, 2.05) is 0 Å². The number of methoxy groups -OCH3 is 1. The molecule has 19 heavy (non-hydrogen) atoms. The largest absolute Gasteiger partial charge is 0.467 e. The fraction of sp³-hybridized carbons (Fsp3) is 0.818. The molecule has 1 heterocycles. The highest BCUT2D eigenvalue weighted by atomic mass is 32.2. The van der Waals surface area contributed by atoms with E-state index in [1.54, 1.807) is 0 Å². The summed E-state index contributed by atoms with van der Waals surface area (Å²) in [5.74, 6) is -1.67. The molecular formula is C11H19NO6S. The number of esters is 1. The fourth-order valence-electron chi connectivity index (χ4n) is 1.96. The molecule has 1 aliphatic heterocycles. The first-order valence-electron chi connectivity index (χ1n) is 6.01. The zero-order valence-electron chi connectivity index (χ0n) is 11.0. The van der Waals surface area contributed by atoms with Crippen LogP contribution in [-0.2, 0) is 28.9 Å². The van der Waals surface area contributed by atoms with Gasteiger partial charge in [0.1, 0.15) is 6.04 Å². The Kier molecular flexibility index (Phi) is 5.74. The number of carbonyl (C=O) groups is 2. The molecule has 0 saturated carbocycles. The Morgan fingerprint density at radius 2 is 1.95 bits per heavy atom. The van der Waals surface area contributed by atoms with Crippen LogP contribution in [0.15, 0.2) is 0 Å². The molecule has 1 aliphatic rings. The standard InChI is InChI=1S/C11H19NO6S/c1-8(13)12-10(11(14)17-2)7-19(15,16)9-3-5-18-6-4-9/h9-10H,3-7H2,1-2H3,(H,12,13). The molecule has 0 spiro atoms. The highest BCUT2D eigenvalue weighted by molar-refractivity contribution is 7.92. The van der Waals surface area contributed by atoms with Crippen molar-refractivity contribution in [3.05, 3.63) is 0 Å². The van der Waals surface area contributed by atoms with Crippen LogP contribution in [0.25, 0.3) is 0 Å². The average Bonchev–Trinajstić information content (AvgIpc) is 2.37. The van der Waals surface area contributed by atoms with Crippen molar-refractivity contribution in [3.8, 4) is 0 Å². The number of nitrogens with one attached hydrogen (secondary N) is 1. The number of hydrogen-bond acceptors (Lipinski definition) is 6. The quantitative estimate of drug-likeness (QED) is 0.670. The number of amides is 1. The molecule has 7 nitrogen and oxygen atoms in total. The van der Waals surface area contributed by atoms with Crippen LogP contribution >= 0.6 is 0 Å². The molecule has 0 aromatic carbocycles. The lowest BCUT2D eigenvalue weighted by Gasteiger charge is -2.24. The van der Waals surface area contributed by atoms with Crippen LogP contribution in [0, 0.1) is 0 Å². The molecule has 1 fully saturated rings. The van der Waals surface area contributed by atoms with Crippen LogP contribution in [-0.4, -0.2) is 57.7 Å². The zero-order chi connectivity index (χ0) is 14.5. The van der Waals surface area contributed by atoms with Crippen LogP contribution in [0.5, 0.6) is 0 Å². The number of sulfone groups is 1. The summed E-state index contributed by atoms with van der Waals surface area (Å²) in [4.78, 5) is 22.5. The summed E-state index contributed by atoms with van der Waals surface area (Å²) in [5, 5.41) is 1.78. The van der Waals surface area contributed by atoms with Crippen molar-refractivity contribution in [2.24, 2.45) is 0 Å². The summed E-state index contributed by atoms with van der Waals surface area (Å²) in [7, 11) is -2.33. The predicted molar refractivity (Wildman–Crippen MR) is 67.2 cm³/mol. The lowest BCUT2D eigenvalue weighted by atomic mass is 10.2. The van der Waals surface area contributed by atoms with Gasteiger partial charge in [-0.3, -0.25) is 4.79 Å². The van der Waals surface area contributed by atoms with Crippen LogP contribution in [0.2, 0.25) is 0 Å². The topological polar surface area (TPSA) is 98.8 Å². The Bertz CT molecular complexity index is 426. The molecule has 0 aliphatic carbocycles. The van der Waals surface area contributed by atoms with Gasteiger partial charge in [0.2, 0.25) is 5.91 Å². The zero-order valence-corrected chi connectivity index (χ0v) is 11.9. The van der Waals surface area contributed by atoms with E-state index in [4.69, 9.17) is 4.74 Å². The van der Waals surface area contributed by atoms with Gasteiger partial charge in [-0.1, -0.05) is 0 Å². The first kappa shape index (κ1) is 15.9. The smallest absolute Gasteiger partial charge is 0.329 e. The highest BCUT2D eigenvalue weighted by Gasteiger charge is 2.33. The minimum absolute atomic E-state index is 0.396. The molecule has 1 rings (SSSR count). The van der Waals surface area contributed by atoms with E-state index in [9.17, 15) is 18.0 Å². The van der Waals surface area contributed by atoms with E-state index < -0.39 is 38.8 Å². The molecule has 1 amide bonds. The fourth-order valence-corrected chi connectivity index (χ4v) is 3.83. The predicted octanol–water partition coefficient (Wildman–Crippen LogP) is -0.742. The molecule has 0 aromatic rings. The summed E-state index contributed by atoms with van der Waals surface area (Å²) in [5.41, 5.74) is 0. The van der Waals surface area contributed by atoms with Gasteiger partial charge in [0.25, 0.3) is 0 Å². The van der Waals surface area contributed by atoms with Crippen molar-refractivity contribution in [1.82, 2.24) is 5.32 Å². The first-order chi connectivity index (χ1) is 8.86. The van der Waals surface area contributed by atoms with Gasteiger partial charge in [0, 0.05) is 20.1 Å².